The average Bonchev–Trinajstić information content (AvgIpc) is 3.32. The van der Waals surface area contributed by atoms with Gasteiger partial charge in [-0.2, -0.15) is 13.2 Å². The van der Waals surface area contributed by atoms with E-state index in [1.165, 1.54) is 0 Å². The van der Waals surface area contributed by atoms with Crippen molar-refractivity contribution in [3.63, 3.8) is 0 Å². The first-order valence-electron chi connectivity index (χ1n) is 10.2. The summed E-state index contributed by atoms with van der Waals surface area (Å²) in [6.07, 6.45) is -3.04. The van der Waals surface area contributed by atoms with Crippen LogP contribution in [-0.2, 0) is 24.1 Å². The number of hydrogen-bond acceptors (Lipinski definition) is 4. The maximum atomic E-state index is 14.2. The molecule has 1 amide bonds. The Morgan fingerprint density at radius 1 is 1.12 bits per heavy atom. The van der Waals surface area contributed by atoms with Gasteiger partial charge in [-0.05, 0) is 43.1 Å². The van der Waals surface area contributed by atoms with E-state index in [1.54, 1.807) is 11.0 Å². The lowest BCUT2D eigenvalue weighted by Gasteiger charge is -2.25. The number of nitrogens with zero attached hydrogens (tertiary/aromatic N) is 1. The number of fused-ring (bicyclic) bond motifs is 1. The molecule has 1 saturated heterocycles. The van der Waals surface area contributed by atoms with Crippen LogP contribution < -0.4 is 14.8 Å². The molecule has 0 radical (unpaired) electrons. The Balaban J connectivity index is 1.33. The molecule has 2 heterocycles. The summed E-state index contributed by atoms with van der Waals surface area (Å²) in [5, 5.41) is 3.83. The van der Waals surface area contributed by atoms with Crippen LogP contribution in [0.2, 0.25) is 5.02 Å². The van der Waals surface area contributed by atoms with Crippen LogP contribution in [0.15, 0.2) is 30.3 Å². The van der Waals surface area contributed by atoms with Crippen molar-refractivity contribution in [1.82, 2.24) is 10.2 Å². The van der Waals surface area contributed by atoms with E-state index in [0.29, 0.717) is 54.9 Å². The Bertz CT molecular complexity index is 1020. The lowest BCUT2D eigenvalue weighted by molar-refractivity contribution is -0.138. The van der Waals surface area contributed by atoms with Gasteiger partial charge < -0.3 is 19.7 Å². The predicted molar refractivity (Wildman–Crippen MR) is 109 cm³/mol. The molecule has 32 heavy (non-hydrogen) atoms. The molecule has 0 unspecified atom stereocenters. The fraction of sp³-hybridized carbons (Fsp3) is 0.409. The normalized spacial score (nSPS) is 18.0. The van der Waals surface area contributed by atoms with Crippen molar-refractivity contribution >= 4 is 17.5 Å². The molecule has 1 N–H and O–H groups in total. The average molecular weight is 473 g/mol. The number of hydrogen-bond donors (Lipinski definition) is 1. The van der Waals surface area contributed by atoms with Crippen molar-refractivity contribution in [2.75, 3.05) is 13.3 Å². The van der Waals surface area contributed by atoms with E-state index in [4.69, 9.17) is 21.1 Å². The Kier molecular flexibility index (Phi) is 6.48. The van der Waals surface area contributed by atoms with Crippen molar-refractivity contribution in [2.24, 2.45) is 0 Å². The number of carbonyl (C=O) groups is 1. The zero-order valence-electron chi connectivity index (χ0n) is 17.0. The summed E-state index contributed by atoms with van der Waals surface area (Å²) in [7, 11) is 0. The summed E-state index contributed by atoms with van der Waals surface area (Å²) >= 11 is 6.27. The van der Waals surface area contributed by atoms with Crippen LogP contribution in [0.5, 0.6) is 11.5 Å². The SMILES string of the molecule is O=C1CC[C@H](CCNCc2cc3c(cc2Cl)OCO3)N1Cc1ccc(C(F)(F)F)cc1F. The van der Waals surface area contributed by atoms with Gasteiger partial charge in [0.1, 0.15) is 5.82 Å². The molecular weight excluding hydrogens is 452 g/mol. The number of carbonyl (C=O) groups excluding carboxylic acids is 1. The number of ether oxygens (including phenoxy) is 2. The summed E-state index contributed by atoms with van der Waals surface area (Å²) in [6.45, 7) is 1.17. The summed E-state index contributed by atoms with van der Waals surface area (Å²) in [4.78, 5) is 13.8. The highest BCUT2D eigenvalue weighted by Gasteiger charge is 2.33. The molecule has 0 bridgehead atoms. The zero-order valence-corrected chi connectivity index (χ0v) is 17.7. The first kappa shape index (κ1) is 22.7. The second kappa shape index (κ2) is 9.15. The van der Waals surface area contributed by atoms with E-state index in [1.807, 2.05) is 6.07 Å². The first-order chi connectivity index (χ1) is 15.2. The molecule has 2 aromatic rings. The van der Waals surface area contributed by atoms with Crippen LogP contribution in [0.25, 0.3) is 0 Å². The van der Waals surface area contributed by atoms with Gasteiger partial charge in [0.15, 0.2) is 11.5 Å². The Hall–Kier alpha value is -2.52. The number of benzene rings is 2. The molecule has 5 nitrogen and oxygen atoms in total. The highest BCUT2D eigenvalue weighted by Crippen LogP contribution is 2.37. The summed E-state index contributed by atoms with van der Waals surface area (Å²) < 4.78 is 63.1. The van der Waals surface area contributed by atoms with E-state index >= 15 is 0 Å². The van der Waals surface area contributed by atoms with Gasteiger partial charge in [0.25, 0.3) is 0 Å². The molecule has 2 aromatic carbocycles. The Morgan fingerprint density at radius 2 is 1.88 bits per heavy atom. The van der Waals surface area contributed by atoms with Gasteiger partial charge in [-0.3, -0.25) is 4.79 Å². The van der Waals surface area contributed by atoms with Crippen LogP contribution in [-0.4, -0.2) is 30.2 Å². The molecule has 2 aliphatic rings. The highest BCUT2D eigenvalue weighted by molar-refractivity contribution is 6.31. The lowest BCUT2D eigenvalue weighted by atomic mass is 10.1. The van der Waals surface area contributed by atoms with Crippen molar-refractivity contribution in [3.8, 4) is 11.5 Å². The molecule has 0 spiro atoms. The van der Waals surface area contributed by atoms with Crippen LogP contribution in [0, 0.1) is 5.82 Å². The maximum Gasteiger partial charge on any atom is 0.416 e. The molecule has 10 heteroatoms. The third-order valence-corrected chi connectivity index (χ3v) is 6.04. The van der Waals surface area contributed by atoms with Crippen molar-refractivity contribution in [2.45, 2.75) is 44.6 Å². The molecule has 0 saturated carbocycles. The van der Waals surface area contributed by atoms with Crippen molar-refractivity contribution < 1.29 is 31.8 Å². The van der Waals surface area contributed by atoms with Gasteiger partial charge in [-0.15, -0.1) is 0 Å². The van der Waals surface area contributed by atoms with Gasteiger partial charge in [-0.25, -0.2) is 4.39 Å². The lowest BCUT2D eigenvalue weighted by Crippen LogP contribution is -2.35. The molecule has 0 aromatic heterocycles. The van der Waals surface area contributed by atoms with Gasteiger partial charge in [-0.1, -0.05) is 17.7 Å². The molecule has 2 aliphatic heterocycles. The minimum Gasteiger partial charge on any atom is -0.454 e. The zero-order chi connectivity index (χ0) is 22.9. The predicted octanol–water partition coefficient (Wildman–Crippen LogP) is 4.90. The second-order valence-corrected chi connectivity index (χ2v) is 8.19. The third-order valence-electron chi connectivity index (χ3n) is 5.69. The minimum atomic E-state index is -4.61. The fourth-order valence-electron chi connectivity index (χ4n) is 3.93. The summed E-state index contributed by atoms with van der Waals surface area (Å²) in [6, 6.07) is 5.81. The smallest absolute Gasteiger partial charge is 0.416 e. The maximum absolute atomic E-state index is 14.2. The quantitative estimate of drug-likeness (QED) is 0.460. The van der Waals surface area contributed by atoms with E-state index in [0.717, 1.165) is 17.7 Å². The monoisotopic (exact) mass is 472 g/mol. The van der Waals surface area contributed by atoms with Crippen LogP contribution in [0.1, 0.15) is 36.0 Å². The third kappa shape index (κ3) is 4.94. The largest absolute Gasteiger partial charge is 0.454 e. The van der Waals surface area contributed by atoms with Gasteiger partial charge in [0, 0.05) is 42.2 Å². The van der Waals surface area contributed by atoms with Gasteiger partial charge in [0.05, 0.1) is 5.56 Å². The number of alkyl halides is 3. The summed E-state index contributed by atoms with van der Waals surface area (Å²) in [5.74, 6) is 0.147. The van der Waals surface area contributed by atoms with E-state index in [2.05, 4.69) is 5.32 Å². The summed E-state index contributed by atoms with van der Waals surface area (Å²) in [5.41, 5.74) is -0.130. The molecule has 0 aliphatic carbocycles. The van der Waals surface area contributed by atoms with Crippen LogP contribution >= 0.6 is 11.6 Å². The van der Waals surface area contributed by atoms with E-state index < -0.39 is 17.6 Å². The number of halogens is 5. The Labute approximate surface area is 187 Å². The van der Waals surface area contributed by atoms with E-state index in [-0.39, 0.29) is 30.9 Å². The van der Waals surface area contributed by atoms with Gasteiger partial charge in [0.2, 0.25) is 12.7 Å². The molecule has 1 atom stereocenters. The fourth-order valence-corrected chi connectivity index (χ4v) is 4.15. The molecule has 172 valence electrons. The minimum absolute atomic E-state index is 0.0541. The van der Waals surface area contributed by atoms with E-state index in [9.17, 15) is 22.4 Å². The standard InChI is InChI=1S/C22H21ClF4N2O3/c23-17-9-20-19(31-12-32-20)7-14(17)10-28-6-5-16-3-4-21(30)29(16)11-13-1-2-15(8-18(13)24)22(25,26)27/h1-2,7-9,16,28H,3-6,10-12H2/t16-/m1/s1. The Morgan fingerprint density at radius 3 is 2.59 bits per heavy atom. The van der Waals surface area contributed by atoms with Crippen LogP contribution in [0.4, 0.5) is 17.6 Å². The number of rotatable bonds is 7. The first-order valence-corrected chi connectivity index (χ1v) is 10.5. The second-order valence-electron chi connectivity index (χ2n) is 7.78. The highest BCUT2D eigenvalue weighted by atomic mass is 35.5. The topological polar surface area (TPSA) is 50.8 Å². The van der Waals surface area contributed by atoms with Crippen molar-refractivity contribution in [1.29, 1.82) is 0 Å². The number of amides is 1. The molecule has 4 rings (SSSR count). The number of likely N-dealkylation sites (tertiary alicyclic amines) is 1. The van der Waals surface area contributed by atoms with Gasteiger partial charge >= 0.3 is 6.18 Å². The number of nitrogens with one attached hydrogen (secondary N) is 1. The van der Waals surface area contributed by atoms with Crippen molar-refractivity contribution in [3.05, 3.63) is 57.9 Å². The molecule has 1 fully saturated rings. The molecular formula is C22H21ClF4N2O3. The van der Waals surface area contributed by atoms with Crippen LogP contribution in [0.3, 0.4) is 0 Å².